The number of rotatable bonds is 4. The Kier molecular flexibility index (Phi) is 4.85. The van der Waals surface area contributed by atoms with Gasteiger partial charge >= 0.3 is 0 Å². The van der Waals surface area contributed by atoms with Gasteiger partial charge in [0.25, 0.3) is 5.91 Å². The maximum absolute atomic E-state index is 12.8. The number of anilines is 2. The molecule has 1 N–H and O–H groups in total. The lowest BCUT2D eigenvalue weighted by molar-refractivity contribution is 0.102. The average molecular weight is 367 g/mol. The van der Waals surface area contributed by atoms with Crippen molar-refractivity contribution < 1.29 is 9.53 Å². The highest BCUT2D eigenvalue weighted by molar-refractivity contribution is 7.19. The van der Waals surface area contributed by atoms with Gasteiger partial charge in [-0.1, -0.05) is 17.4 Å². The van der Waals surface area contributed by atoms with Crippen molar-refractivity contribution in [2.45, 2.75) is 0 Å². The first kappa shape index (κ1) is 16.6. The summed E-state index contributed by atoms with van der Waals surface area (Å²) in [4.78, 5) is 28.7. The molecule has 0 aliphatic carbocycles. The molecule has 0 atom stereocenters. The van der Waals surface area contributed by atoms with E-state index in [2.05, 4.69) is 25.2 Å². The number of ether oxygens (including phenoxy) is 1. The van der Waals surface area contributed by atoms with Crippen LogP contribution in [-0.2, 0) is 4.74 Å². The Hall–Kier alpha value is -2.84. The van der Waals surface area contributed by atoms with E-state index < -0.39 is 0 Å². The van der Waals surface area contributed by atoms with Crippen LogP contribution in [0.2, 0.25) is 0 Å². The summed E-state index contributed by atoms with van der Waals surface area (Å²) in [7, 11) is 0. The molecule has 1 fully saturated rings. The second-order valence-corrected chi connectivity index (χ2v) is 6.70. The first-order valence-corrected chi connectivity index (χ1v) is 9.09. The zero-order chi connectivity index (χ0) is 17.8. The number of pyridine rings is 2. The number of hydrogen-bond donors (Lipinski definition) is 1. The first-order valence-electron chi connectivity index (χ1n) is 8.27. The fourth-order valence-corrected chi connectivity index (χ4v) is 3.51. The van der Waals surface area contributed by atoms with Crippen LogP contribution in [0.3, 0.4) is 0 Å². The molecule has 1 saturated heterocycles. The van der Waals surface area contributed by atoms with Crippen LogP contribution in [0.4, 0.5) is 10.9 Å². The van der Waals surface area contributed by atoms with Crippen molar-refractivity contribution >= 4 is 28.2 Å². The highest BCUT2D eigenvalue weighted by Gasteiger charge is 2.20. The molecule has 4 heterocycles. The van der Waals surface area contributed by atoms with Crippen LogP contribution in [0.1, 0.15) is 10.4 Å². The van der Waals surface area contributed by atoms with E-state index in [-0.39, 0.29) is 5.91 Å². The molecular formula is C18H17N5O2S. The summed E-state index contributed by atoms with van der Waals surface area (Å²) < 4.78 is 5.38. The van der Waals surface area contributed by atoms with Gasteiger partial charge in [0.2, 0.25) is 0 Å². The third-order valence-electron chi connectivity index (χ3n) is 3.99. The van der Waals surface area contributed by atoms with Gasteiger partial charge in [0.15, 0.2) is 5.13 Å². The molecule has 3 aromatic heterocycles. The number of aromatic nitrogens is 3. The topological polar surface area (TPSA) is 80.2 Å². The van der Waals surface area contributed by atoms with Crippen LogP contribution in [-0.4, -0.2) is 47.2 Å². The van der Waals surface area contributed by atoms with Crippen LogP contribution in [0.5, 0.6) is 0 Å². The Morgan fingerprint density at radius 1 is 1.08 bits per heavy atom. The summed E-state index contributed by atoms with van der Waals surface area (Å²) in [5.41, 5.74) is 1.37. The predicted molar refractivity (Wildman–Crippen MR) is 101 cm³/mol. The monoisotopic (exact) mass is 367 g/mol. The van der Waals surface area contributed by atoms with Gasteiger partial charge in [0, 0.05) is 31.7 Å². The van der Waals surface area contributed by atoms with Crippen LogP contribution in [0.25, 0.3) is 10.6 Å². The largest absolute Gasteiger partial charge is 0.378 e. The smallest absolute Gasteiger partial charge is 0.261 e. The van der Waals surface area contributed by atoms with Crippen LogP contribution >= 0.6 is 11.3 Å². The average Bonchev–Trinajstić information content (AvgIpc) is 3.18. The van der Waals surface area contributed by atoms with Crippen molar-refractivity contribution in [2.24, 2.45) is 0 Å². The maximum Gasteiger partial charge on any atom is 0.261 e. The lowest BCUT2D eigenvalue weighted by Crippen LogP contribution is -2.38. The van der Waals surface area contributed by atoms with E-state index in [4.69, 9.17) is 4.74 Å². The molecule has 0 aromatic carbocycles. The molecule has 1 aliphatic heterocycles. The number of morpholine rings is 1. The van der Waals surface area contributed by atoms with Gasteiger partial charge in [0.1, 0.15) is 5.82 Å². The van der Waals surface area contributed by atoms with Crippen LogP contribution < -0.4 is 10.2 Å². The maximum atomic E-state index is 12.8. The molecule has 26 heavy (non-hydrogen) atoms. The highest BCUT2D eigenvalue weighted by Crippen LogP contribution is 2.28. The summed E-state index contributed by atoms with van der Waals surface area (Å²) in [6.45, 7) is 2.71. The second kappa shape index (κ2) is 7.59. The van der Waals surface area contributed by atoms with E-state index in [9.17, 15) is 4.79 Å². The van der Waals surface area contributed by atoms with Crippen LogP contribution in [0.15, 0.2) is 48.9 Å². The Labute approximate surface area is 154 Å². The standard InChI is InChI=1S/C18H17N5O2S/c24-17(13-4-3-7-20-16(13)23-8-10-25-11-9-23)22-18-21-12-15(26-18)14-5-1-2-6-19-14/h1-7,12H,8-11H2,(H,21,22,24). The zero-order valence-electron chi connectivity index (χ0n) is 14.0. The third-order valence-corrected chi connectivity index (χ3v) is 4.92. The van der Waals surface area contributed by atoms with Gasteiger partial charge in [-0.05, 0) is 24.3 Å². The number of amides is 1. The fraction of sp³-hybridized carbons (Fsp3) is 0.222. The minimum Gasteiger partial charge on any atom is -0.378 e. The molecule has 0 saturated carbocycles. The van der Waals surface area contributed by atoms with Crippen molar-refractivity contribution in [2.75, 3.05) is 36.5 Å². The van der Waals surface area contributed by atoms with Crippen molar-refractivity contribution in [3.8, 4) is 10.6 Å². The quantitative estimate of drug-likeness (QED) is 0.764. The minimum atomic E-state index is -0.221. The Balaban J connectivity index is 1.53. The summed E-state index contributed by atoms with van der Waals surface area (Å²) >= 11 is 1.39. The molecule has 0 spiro atoms. The second-order valence-electron chi connectivity index (χ2n) is 5.67. The predicted octanol–water partition coefficient (Wildman–Crippen LogP) is 2.69. The number of thiazole rings is 1. The number of carbonyl (C=O) groups excluding carboxylic acids is 1. The lowest BCUT2D eigenvalue weighted by Gasteiger charge is -2.29. The van der Waals surface area contributed by atoms with Gasteiger partial charge in [0.05, 0.1) is 29.3 Å². The Bertz CT molecular complexity index is 893. The molecule has 0 unspecified atom stereocenters. The van der Waals surface area contributed by atoms with Gasteiger partial charge in [-0.2, -0.15) is 0 Å². The van der Waals surface area contributed by atoms with E-state index in [0.717, 1.165) is 23.7 Å². The van der Waals surface area contributed by atoms with Gasteiger partial charge < -0.3 is 9.64 Å². The number of carbonyl (C=O) groups is 1. The zero-order valence-corrected chi connectivity index (χ0v) is 14.8. The van der Waals surface area contributed by atoms with E-state index in [1.807, 2.05) is 18.2 Å². The van der Waals surface area contributed by atoms with E-state index in [0.29, 0.717) is 29.7 Å². The fourth-order valence-electron chi connectivity index (χ4n) is 2.72. The molecule has 1 aliphatic rings. The SMILES string of the molecule is O=C(Nc1ncc(-c2ccccn2)s1)c1cccnc1N1CCOCC1. The summed E-state index contributed by atoms with van der Waals surface area (Å²) in [6, 6.07) is 9.24. The molecule has 7 nitrogen and oxygen atoms in total. The third kappa shape index (κ3) is 3.56. The summed E-state index contributed by atoms with van der Waals surface area (Å²) in [6.07, 6.45) is 5.15. The van der Waals surface area contributed by atoms with Crippen LogP contribution in [0, 0.1) is 0 Å². The van der Waals surface area contributed by atoms with Gasteiger partial charge in [-0.25, -0.2) is 9.97 Å². The van der Waals surface area contributed by atoms with Crippen molar-refractivity contribution in [3.63, 3.8) is 0 Å². The van der Waals surface area contributed by atoms with Gasteiger partial charge in [-0.15, -0.1) is 0 Å². The van der Waals surface area contributed by atoms with Crippen molar-refractivity contribution in [1.29, 1.82) is 0 Å². The van der Waals surface area contributed by atoms with Crippen molar-refractivity contribution in [1.82, 2.24) is 15.0 Å². The number of hydrogen-bond acceptors (Lipinski definition) is 7. The molecule has 0 bridgehead atoms. The highest BCUT2D eigenvalue weighted by atomic mass is 32.1. The van der Waals surface area contributed by atoms with E-state index in [1.165, 1.54) is 11.3 Å². The minimum absolute atomic E-state index is 0.221. The molecule has 3 aromatic rings. The number of nitrogens with zero attached hydrogens (tertiary/aromatic N) is 4. The van der Waals surface area contributed by atoms with E-state index >= 15 is 0 Å². The molecule has 0 radical (unpaired) electrons. The van der Waals surface area contributed by atoms with Gasteiger partial charge in [-0.3, -0.25) is 15.1 Å². The van der Waals surface area contributed by atoms with Crippen molar-refractivity contribution in [3.05, 3.63) is 54.5 Å². The van der Waals surface area contributed by atoms with E-state index in [1.54, 1.807) is 30.7 Å². The summed E-state index contributed by atoms with van der Waals surface area (Å²) in [5, 5.41) is 3.41. The molecule has 8 heteroatoms. The molecule has 4 rings (SSSR count). The normalized spacial score (nSPS) is 14.2. The Morgan fingerprint density at radius 2 is 1.92 bits per heavy atom. The molecule has 1 amide bonds. The summed E-state index contributed by atoms with van der Waals surface area (Å²) in [5.74, 6) is 0.455. The lowest BCUT2D eigenvalue weighted by atomic mass is 10.2. The Morgan fingerprint density at radius 3 is 2.73 bits per heavy atom. The molecular weight excluding hydrogens is 350 g/mol. The number of nitrogens with one attached hydrogen (secondary N) is 1. The first-order chi connectivity index (χ1) is 12.8. The molecule has 132 valence electrons.